The highest BCUT2D eigenvalue weighted by Gasteiger charge is 2.07. The van der Waals surface area contributed by atoms with Crippen molar-refractivity contribution in [2.75, 3.05) is 23.7 Å². The van der Waals surface area contributed by atoms with Crippen molar-refractivity contribution in [1.29, 1.82) is 0 Å². The van der Waals surface area contributed by atoms with E-state index < -0.39 is 0 Å². The van der Waals surface area contributed by atoms with Gasteiger partial charge in [0.2, 0.25) is 5.95 Å². The molecule has 1 rings (SSSR count). The highest BCUT2D eigenvalue weighted by molar-refractivity contribution is 9.10. The molecule has 0 spiro atoms. The maximum atomic E-state index is 5.61. The van der Waals surface area contributed by atoms with E-state index in [1.54, 1.807) is 6.07 Å². The molecule has 1 aromatic rings. The standard InChI is InChI=1S/C9H13BrN4/c1-3-5-14(4-2)9-12-7(10)6-8(11)13-9/h3,6H,1,4-5H2,2H3,(H2,11,12,13). The summed E-state index contributed by atoms with van der Waals surface area (Å²) in [6, 6.07) is 1.67. The molecule has 0 saturated heterocycles. The molecule has 0 atom stereocenters. The molecule has 4 nitrogen and oxygen atoms in total. The Kier molecular flexibility index (Phi) is 3.88. The Morgan fingerprint density at radius 3 is 2.86 bits per heavy atom. The number of likely N-dealkylation sites (N-methyl/N-ethyl adjacent to an activating group) is 1. The maximum Gasteiger partial charge on any atom is 0.228 e. The van der Waals surface area contributed by atoms with Crippen LogP contribution in [0.3, 0.4) is 0 Å². The Hall–Kier alpha value is -1.10. The average molecular weight is 257 g/mol. The van der Waals surface area contributed by atoms with Crippen molar-refractivity contribution in [3.05, 3.63) is 23.3 Å². The fourth-order valence-electron chi connectivity index (χ4n) is 1.07. The molecule has 0 fully saturated rings. The molecule has 0 unspecified atom stereocenters. The molecule has 2 N–H and O–H groups in total. The number of rotatable bonds is 4. The summed E-state index contributed by atoms with van der Waals surface area (Å²) in [5.74, 6) is 1.09. The van der Waals surface area contributed by atoms with Crippen LogP contribution in [0, 0.1) is 0 Å². The molecule has 0 amide bonds. The van der Waals surface area contributed by atoms with Crippen LogP contribution in [-0.2, 0) is 0 Å². The first kappa shape index (κ1) is 11.0. The van der Waals surface area contributed by atoms with E-state index in [1.165, 1.54) is 0 Å². The summed E-state index contributed by atoms with van der Waals surface area (Å²) >= 11 is 3.28. The first-order valence-electron chi connectivity index (χ1n) is 4.33. The van der Waals surface area contributed by atoms with Gasteiger partial charge in [-0.05, 0) is 22.9 Å². The topological polar surface area (TPSA) is 55.0 Å². The Balaban J connectivity index is 2.96. The lowest BCUT2D eigenvalue weighted by Crippen LogP contribution is -2.25. The summed E-state index contributed by atoms with van der Waals surface area (Å²) in [7, 11) is 0. The molecule has 1 aromatic heterocycles. The molecule has 0 bridgehead atoms. The van der Waals surface area contributed by atoms with Gasteiger partial charge in [-0.25, -0.2) is 4.98 Å². The Bertz CT molecular complexity index is 306. The maximum absolute atomic E-state index is 5.61. The molecule has 0 aromatic carbocycles. The van der Waals surface area contributed by atoms with Gasteiger partial charge >= 0.3 is 0 Å². The first-order chi connectivity index (χ1) is 6.67. The molecule has 0 aliphatic heterocycles. The second kappa shape index (κ2) is 4.95. The zero-order valence-electron chi connectivity index (χ0n) is 8.07. The smallest absolute Gasteiger partial charge is 0.228 e. The SMILES string of the molecule is C=CCN(CC)c1nc(N)cc(Br)n1. The molecule has 0 saturated carbocycles. The Morgan fingerprint density at radius 1 is 1.64 bits per heavy atom. The Morgan fingerprint density at radius 2 is 2.36 bits per heavy atom. The highest BCUT2D eigenvalue weighted by atomic mass is 79.9. The summed E-state index contributed by atoms with van der Waals surface area (Å²) in [5, 5.41) is 0. The molecular weight excluding hydrogens is 244 g/mol. The normalized spacial score (nSPS) is 9.86. The number of nitrogens with zero attached hydrogens (tertiary/aromatic N) is 3. The fraction of sp³-hybridized carbons (Fsp3) is 0.333. The van der Waals surface area contributed by atoms with E-state index >= 15 is 0 Å². The van der Waals surface area contributed by atoms with Crippen molar-refractivity contribution in [2.24, 2.45) is 0 Å². The minimum Gasteiger partial charge on any atom is -0.383 e. The zero-order chi connectivity index (χ0) is 10.6. The average Bonchev–Trinajstić information content (AvgIpc) is 2.12. The van der Waals surface area contributed by atoms with Crippen molar-refractivity contribution >= 4 is 27.7 Å². The predicted molar refractivity (Wildman–Crippen MR) is 62.2 cm³/mol. The quantitative estimate of drug-likeness (QED) is 0.660. The number of nitrogen functional groups attached to an aromatic ring is 1. The first-order valence-corrected chi connectivity index (χ1v) is 5.12. The third kappa shape index (κ3) is 2.70. The van der Waals surface area contributed by atoms with Gasteiger partial charge in [-0.15, -0.1) is 6.58 Å². The lowest BCUT2D eigenvalue weighted by Gasteiger charge is -2.18. The van der Waals surface area contributed by atoms with Crippen LogP contribution >= 0.6 is 15.9 Å². The molecule has 1 heterocycles. The number of hydrogen-bond acceptors (Lipinski definition) is 4. The summed E-state index contributed by atoms with van der Waals surface area (Å²) in [6.45, 7) is 7.25. The van der Waals surface area contributed by atoms with E-state index in [0.717, 1.165) is 6.54 Å². The summed E-state index contributed by atoms with van der Waals surface area (Å²) in [5.41, 5.74) is 5.61. The van der Waals surface area contributed by atoms with Gasteiger partial charge in [0, 0.05) is 19.2 Å². The van der Waals surface area contributed by atoms with E-state index in [2.05, 4.69) is 32.5 Å². The van der Waals surface area contributed by atoms with Crippen molar-refractivity contribution in [3.8, 4) is 0 Å². The van der Waals surface area contributed by atoms with Gasteiger partial charge in [-0.3, -0.25) is 0 Å². The van der Waals surface area contributed by atoms with Crippen LogP contribution in [0.4, 0.5) is 11.8 Å². The predicted octanol–water partition coefficient (Wildman–Crippen LogP) is 1.83. The van der Waals surface area contributed by atoms with Crippen molar-refractivity contribution in [1.82, 2.24) is 9.97 Å². The largest absolute Gasteiger partial charge is 0.383 e. The summed E-state index contributed by atoms with van der Waals surface area (Å²) < 4.78 is 0.697. The summed E-state index contributed by atoms with van der Waals surface area (Å²) in [4.78, 5) is 10.3. The van der Waals surface area contributed by atoms with Gasteiger partial charge in [0.1, 0.15) is 10.4 Å². The van der Waals surface area contributed by atoms with Crippen LogP contribution in [-0.4, -0.2) is 23.1 Å². The van der Waals surface area contributed by atoms with Gasteiger partial charge in [0.15, 0.2) is 0 Å². The molecule has 5 heteroatoms. The van der Waals surface area contributed by atoms with E-state index in [1.807, 2.05) is 17.9 Å². The molecule has 14 heavy (non-hydrogen) atoms. The van der Waals surface area contributed by atoms with E-state index in [0.29, 0.717) is 22.9 Å². The van der Waals surface area contributed by atoms with Gasteiger partial charge in [0.05, 0.1) is 0 Å². The van der Waals surface area contributed by atoms with Crippen LogP contribution in [0.1, 0.15) is 6.92 Å². The fourth-order valence-corrected chi connectivity index (χ4v) is 1.47. The second-order valence-electron chi connectivity index (χ2n) is 2.74. The van der Waals surface area contributed by atoms with Gasteiger partial charge in [-0.2, -0.15) is 4.98 Å². The van der Waals surface area contributed by atoms with E-state index in [9.17, 15) is 0 Å². The van der Waals surface area contributed by atoms with Crippen LogP contribution in [0.25, 0.3) is 0 Å². The van der Waals surface area contributed by atoms with E-state index in [4.69, 9.17) is 5.73 Å². The summed E-state index contributed by atoms with van der Waals surface area (Å²) in [6.07, 6.45) is 1.81. The van der Waals surface area contributed by atoms with E-state index in [-0.39, 0.29) is 0 Å². The number of aromatic nitrogens is 2. The number of halogens is 1. The van der Waals surface area contributed by atoms with Gasteiger partial charge < -0.3 is 10.6 Å². The minimum absolute atomic E-state index is 0.462. The van der Waals surface area contributed by atoms with Gasteiger partial charge in [-0.1, -0.05) is 6.08 Å². The lowest BCUT2D eigenvalue weighted by molar-refractivity contribution is 0.851. The Labute approximate surface area is 92.0 Å². The second-order valence-corrected chi connectivity index (χ2v) is 3.56. The number of hydrogen-bond donors (Lipinski definition) is 1. The number of anilines is 2. The van der Waals surface area contributed by atoms with Gasteiger partial charge in [0.25, 0.3) is 0 Å². The lowest BCUT2D eigenvalue weighted by atomic mass is 10.5. The van der Waals surface area contributed by atoms with Crippen LogP contribution in [0.5, 0.6) is 0 Å². The van der Waals surface area contributed by atoms with Crippen molar-refractivity contribution in [3.63, 3.8) is 0 Å². The molecule has 0 aliphatic rings. The molecule has 0 radical (unpaired) electrons. The molecular formula is C9H13BrN4. The zero-order valence-corrected chi connectivity index (χ0v) is 9.66. The third-order valence-electron chi connectivity index (χ3n) is 1.72. The molecule has 76 valence electrons. The van der Waals surface area contributed by atoms with Crippen LogP contribution in [0.2, 0.25) is 0 Å². The van der Waals surface area contributed by atoms with Crippen molar-refractivity contribution in [2.45, 2.75) is 6.92 Å². The third-order valence-corrected chi connectivity index (χ3v) is 2.12. The highest BCUT2D eigenvalue weighted by Crippen LogP contribution is 2.15. The van der Waals surface area contributed by atoms with Crippen LogP contribution < -0.4 is 10.6 Å². The van der Waals surface area contributed by atoms with Crippen molar-refractivity contribution < 1.29 is 0 Å². The number of nitrogens with two attached hydrogens (primary N) is 1. The minimum atomic E-state index is 0.462. The van der Waals surface area contributed by atoms with Crippen LogP contribution in [0.15, 0.2) is 23.3 Å². The molecule has 0 aliphatic carbocycles. The monoisotopic (exact) mass is 256 g/mol.